The van der Waals surface area contributed by atoms with Gasteiger partial charge in [0.15, 0.2) is 11.2 Å². The lowest BCUT2D eigenvalue weighted by atomic mass is 9.85. The first kappa shape index (κ1) is 20.0. The summed E-state index contributed by atoms with van der Waals surface area (Å²) in [7, 11) is 0. The van der Waals surface area contributed by atoms with Gasteiger partial charge in [0, 0.05) is 21.7 Å². The van der Waals surface area contributed by atoms with Gasteiger partial charge in [-0.25, -0.2) is 0 Å². The van der Waals surface area contributed by atoms with Gasteiger partial charge in [-0.15, -0.1) is 0 Å². The molecule has 0 aliphatic heterocycles. The number of para-hydroxylation sites is 1. The maximum absolute atomic E-state index is 9.24. The quantitative estimate of drug-likeness (QED) is 0.183. The van der Waals surface area contributed by atoms with Crippen molar-refractivity contribution in [3.63, 3.8) is 0 Å². The molecule has 0 aliphatic carbocycles. The van der Waals surface area contributed by atoms with Crippen LogP contribution in [0.5, 0.6) is 0 Å². The molecule has 0 N–H and O–H groups in total. The summed E-state index contributed by atoms with van der Waals surface area (Å²) in [4.78, 5) is 0. The lowest BCUT2D eigenvalue weighted by molar-refractivity contribution is 0.611. The third-order valence-electron chi connectivity index (χ3n) is 9.11. The fourth-order valence-electron chi connectivity index (χ4n) is 6.99. The second kappa shape index (κ2) is 10.6. The normalized spacial score (nSPS) is 14.1. The first-order valence-corrected chi connectivity index (χ1v) is 15.7. The second-order valence-corrected chi connectivity index (χ2v) is 11.8. The minimum Gasteiger partial charge on any atom is -0.452 e. The number of benzene rings is 8. The number of hydrogen-bond acceptors (Lipinski definition) is 2. The van der Waals surface area contributed by atoms with E-state index in [1.165, 1.54) is 0 Å². The first-order chi connectivity index (χ1) is 27.1. The van der Waals surface area contributed by atoms with Crippen LogP contribution in [0.4, 0.5) is 0 Å². The number of fused-ring (bicyclic) bond motifs is 7. The SMILES string of the molecule is [2H]c1c([2H])c([2H])c2c(-c3ccc(-c4cc5cc(-c6ccccc6)oc5c5oc6ccccc6c45)cc3)c3c([2H])c([2H])c([2H])c([2H])c3c(-c3ccccc3)c2c1[2H]. The van der Waals surface area contributed by atoms with Gasteiger partial charge in [0.1, 0.15) is 11.3 Å². The molecule has 10 rings (SSSR count). The van der Waals surface area contributed by atoms with Crippen LogP contribution in [-0.4, -0.2) is 0 Å². The van der Waals surface area contributed by atoms with E-state index in [-0.39, 0.29) is 45.7 Å². The molecule has 0 fully saturated rings. The lowest BCUT2D eigenvalue weighted by Gasteiger charge is -2.18. The Morgan fingerprint density at radius 2 is 0.938 bits per heavy atom. The Bertz CT molecular complexity index is 3180. The Balaban J connectivity index is 1.28. The summed E-state index contributed by atoms with van der Waals surface area (Å²) in [5, 5.41) is 3.38. The average molecular weight is 621 g/mol. The van der Waals surface area contributed by atoms with Crippen molar-refractivity contribution in [2.24, 2.45) is 0 Å². The van der Waals surface area contributed by atoms with Gasteiger partial charge in [0.2, 0.25) is 0 Å². The van der Waals surface area contributed by atoms with Crippen molar-refractivity contribution >= 4 is 54.5 Å². The van der Waals surface area contributed by atoms with E-state index in [0.717, 1.165) is 32.8 Å². The van der Waals surface area contributed by atoms with Crippen molar-refractivity contribution < 1.29 is 19.8 Å². The number of rotatable bonds is 4. The monoisotopic (exact) mass is 620 g/mol. The van der Waals surface area contributed by atoms with Gasteiger partial charge < -0.3 is 8.83 Å². The molecular weight excluding hydrogens is 585 g/mol. The summed E-state index contributed by atoms with van der Waals surface area (Å²) in [6.07, 6.45) is 0. The van der Waals surface area contributed by atoms with E-state index in [2.05, 4.69) is 6.07 Å². The zero-order valence-corrected chi connectivity index (χ0v) is 25.4. The van der Waals surface area contributed by atoms with E-state index in [1.54, 1.807) is 24.3 Å². The van der Waals surface area contributed by atoms with Crippen LogP contribution in [0.1, 0.15) is 11.0 Å². The highest BCUT2D eigenvalue weighted by atomic mass is 16.4. The van der Waals surface area contributed by atoms with Gasteiger partial charge >= 0.3 is 0 Å². The Morgan fingerprint density at radius 3 is 1.56 bits per heavy atom. The van der Waals surface area contributed by atoms with Crippen LogP contribution in [0.2, 0.25) is 0 Å². The summed E-state index contributed by atoms with van der Waals surface area (Å²) in [6.45, 7) is 0. The summed E-state index contributed by atoms with van der Waals surface area (Å²) >= 11 is 0. The third kappa shape index (κ3) is 4.06. The van der Waals surface area contributed by atoms with Gasteiger partial charge in [0.05, 0.1) is 11.0 Å². The molecule has 2 aromatic heterocycles. The molecule has 0 unspecified atom stereocenters. The van der Waals surface area contributed by atoms with Crippen LogP contribution < -0.4 is 0 Å². The van der Waals surface area contributed by atoms with E-state index in [9.17, 15) is 2.74 Å². The Morgan fingerprint density at radius 1 is 0.417 bits per heavy atom. The zero-order chi connectivity index (χ0) is 38.6. The van der Waals surface area contributed by atoms with Crippen LogP contribution in [0.3, 0.4) is 0 Å². The van der Waals surface area contributed by atoms with Crippen LogP contribution in [0.25, 0.3) is 99.2 Å². The molecule has 0 spiro atoms. The molecule has 0 bridgehead atoms. The molecule has 2 heteroatoms. The molecule has 0 aliphatic rings. The minimum absolute atomic E-state index is 0.177. The van der Waals surface area contributed by atoms with E-state index >= 15 is 0 Å². The van der Waals surface area contributed by atoms with Gasteiger partial charge in [-0.3, -0.25) is 0 Å². The summed E-state index contributed by atoms with van der Waals surface area (Å²) in [5.74, 6) is 0.710. The van der Waals surface area contributed by atoms with Crippen molar-refractivity contribution in [2.45, 2.75) is 0 Å². The highest BCUT2D eigenvalue weighted by Crippen LogP contribution is 2.46. The van der Waals surface area contributed by atoms with Crippen LogP contribution >= 0.6 is 0 Å². The molecule has 2 nitrogen and oxygen atoms in total. The zero-order valence-electron chi connectivity index (χ0n) is 33.4. The van der Waals surface area contributed by atoms with E-state index in [1.807, 2.05) is 91.0 Å². The molecule has 2 heterocycles. The van der Waals surface area contributed by atoms with Crippen molar-refractivity contribution in [1.29, 1.82) is 0 Å². The first-order valence-electron chi connectivity index (χ1n) is 19.7. The molecule has 0 saturated carbocycles. The topological polar surface area (TPSA) is 26.3 Å². The van der Waals surface area contributed by atoms with Crippen molar-refractivity contribution in [3.05, 3.63) is 170 Å². The molecule has 48 heavy (non-hydrogen) atoms. The molecule has 10 aromatic rings. The van der Waals surface area contributed by atoms with Gasteiger partial charge in [-0.05, 0) is 73.1 Å². The van der Waals surface area contributed by atoms with E-state index in [0.29, 0.717) is 44.8 Å². The molecular formula is C46H28O2. The van der Waals surface area contributed by atoms with Crippen molar-refractivity contribution in [1.82, 2.24) is 0 Å². The smallest absolute Gasteiger partial charge is 0.179 e. The Labute approximate surface area is 288 Å². The van der Waals surface area contributed by atoms with Gasteiger partial charge in [0.25, 0.3) is 0 Å². The molecule has 0 radical (unpaired) electrons. The summed E-state index contributed by atoms with van der Waals surface area (Å²) < 4.78 is 84.5. The van der Waals surface area contributed by atoms with Gasteiger partial charge in [-0.2, -0.15) is 0 Å². The highest BCUT2D eigenvalue weighted by Gasteiger charge is 2.21. The number of furan rings is 2. The molecule has 224 valence electrons. The molecule has 0 atom stereocenters. The van der Waals surface area contributed by atoms with Crippen LogP contribution in [-0.2, 0) is 0 Å². The van der Waals surface area contributed by atoms with Crippen LogP contribution in [0, 0.1) is 0 Å². The largest absolute Gasteiger partial charge is 0.452 e. The van der Waals surface area contributed by atoms with Crippen molar-refractivity contribution in [3.8, 4) is 44.7 Å². The number of hydrogen-bond donors (Lipinski definition) is 0. The molecule has 8 aromatic carbocycles. The highest BCUT2D eigenvalue weighted by molar-refractivity contribution is 6.22. The van der Waals surface area contributed by atoms with Gasteiger partial charge in [-0.1, -0.05) is 151 Å². The minimum atomic E-state index is -0.433. The van der Waals surface area contributed by atoms with Crippen molar-refractivity contribution in [2.75, 3.05) is 0 Å². The predicted octanol–water partition coefficient (Wildman–Crippen LogP) is 13.3. The van der Waals surface area contributed by atoms with E-state index < -0.39 is 24.2 Å². The Hall–Kier alpha value is -6.38. The molecule has 0 saturated heterocycles. The molecule has 0 amide bonds. The third-order valence-corrected chi connectivity index (χ3v) is 9.11. The maximum atomic E-state index is 9.24. The lowest BCUT2D eigenvalue weighted by Crippen LogP contribution is -1.90. The fraction of sp³-hybridized carbons (Fsp3) is 0. The second-order valence-electron chi connectivity index (χ2n) is 11.8. The Kier molecular flexibility index (Phi) is 4.41. The fourth-order valence-corrected chi connectivity index (χ4v) is 6.99. The van der Waals surface area contributed by atoms with E-state index in [4.69, 9.17) is 17.1 Å². The predicted molar refractivity (Wildman–Crippen MR) is 200 cm³/mol. The summed E-state index contributed by atoms with van der Waals surface area (Å²) in [6, 6.07) is 35.4. The average Bonchev–Trinajstić information content (AvgIpc) is 3.85. The standard InChI is InChI=1S/C46H28O2/c1-3-13-30(14-4-1)41-28-33-27-39(44-38-21-11-12-22-40(38)47-46(44)45(33)48-41)29-23-25-32(26-24-29)43-36-19-9-7-17-34(36)42(31-15-5-2-6-16-31)35-18-8-10-20-37(35)43/h1-28H/i7D,8D,9D,10D,17D,18D,19D,20D. The maximum Gasteiger partial charge on any atom is 0.179 e. The van der Waals surface area contributed by atoms with Crippen LogP contribution in [0.15, 0.2) is 179 Å². The summed E-state index contributed by atoms with van der Waals surface area (Å²) in [5.41, 5.74) is 6.36.